The number of hydrogen-bond donors (Lipinski definition) is 1. The molecule has 0 bridgehead atoms. The number of piperazine rings is 3. The molecule has 8 heterocycles. The number of nitrogens with two attached hydrogens (primary N) is 1. The van der Waals surface area contributed by atoms with Crippen LogP contribution >= 0.6 is 64.8 Å². The van der Waals surface area contributed by atoms with Gasteiger partial charge in [-0.05, 0) is 107 Å². The Morgan fingerprint density at radius 2 is 0.870 bits per heavy atom. The maximum Gasteiger partial charge on any atom is 0.328 e. The van der Waals surface area contributed by atoms with Gasteiger partial charge in [0.05, 0.1) is 46.0 Å². The Hall–Kier alpha value is -4.35. The highest BCUT2D eigenvalue weighted by Gasteiger charge is 2.36. The molecule has 0 spiro atoms. The number of piperidine rings is 2. The summed E-state index contributed by atoms with van der Waals surface area (Å²) in [5.74, 6) is -0.764. The van der Waals surface area contributed by atoms with Crippen LogP contribution in [-0.4, -0.2) is 198 Å². The highest BCUT2D eigenvalue weighted by Crippen LogP contribution is 2.39. The Morgan fingerprint density at radius 3 is 1.25 bits per heavy atom. The van der Waals surface area contributed by atoms with Crippen molar-refractivity contribution in [2.24, 2.45) is 17.8 Å². The van der Waals surface area contributed by atoms with E-state index in [1.54, 1.807) is 4.90 Å². The molecule has 3 aromatic heterocycles. The van der Waals surface area contributed by atoms with Crippen molar-refractivity contribution < 1.29 is 37.4 Å². The molecule has 6 aliphatic rings. The molecule has 0 unspecified atom stereocenters. The number of amides is 3. The molecule has 0 radical (unpaired) electrons. The van der Waals surface area contributed by atoms with Gasteiger partial charge in [0, 0.05) is 122 Å². The topological polar surface area (TPSA) is 228 Å². The van der Waals surface area contributed by atoms with E-state index in [0.29, 0.717) is 62.2 Å². The van der Waals surface area contributed by atoms with Crippen molar-refractivity contribution in [2.75, 3.05) is 141 Å². The summed E-state index contributed by atoms with van der Waals surface area (Å²) in [6.45, 7) is 12.7. The summed E-state index contributed by atoms with van der Waals surface area (Å²) >= 11 is 8.61. The maximum atomic E-state index is 14.2. The zero-order chi connectivity index (χ0) is 55.2. The molecule has 9 rings (SSSR count). The monoisotopic (exact) mass is 1340 g/mol. The van der Waals surface area contributed by atoms with E-state index in [4.69, 9.17) is 5.73 Å². The molecule has 3 aromatic rings. The largest absolute Gasteiger partial charge is 0.396 e. The molecule has 2 N–H and O–H groups in total. The van der Waals surface area contributed by atoms with Crippen LogP contribution in [-0.2, 0) is 14.4 Å². The first kappa shape index (κ1) is 63.5. The number of pyridine rings is 3. The van der Waals surface area contributed by atoms with Gasteiger partial charge < -0.3 is 44.9 Å². The molecule has 426 valence electrons. The lowest BCUT2D eigenvalue weighted by atomic mass is 9.88. The van der Waals surface area contributed by atoms with Crippen molar-refractivity contribution in [3.63, 3.8) is 0 Å². The van der Waals surface area contributed by atoms with Gasteiger partial charge in [-0.3, -0.25) is 39.6 Å². The zero-order valence-corrected chi connectivity index (χ0v) is 50.1. The minimum absolute atomic E-state index is 0. The third-order valence-electron chi connectivity index (χ3n) is 14.8. The van der Waals surface area contributed by atoms with Gasteiger partial charge in [-0.25, -0.2) is 23.1 Å². The van der Waals surface area contributed by atoms with Crippen LogP contribution < -0.4 is 15.5 Å². The van der Waals surface area contributed by atoms with Crippen LogP contribution in [0.5, 0.6) is 0 Å². The van der Waals surface area contributed by atoms with E-state index in [9.17, 15) is 47.8 Å². The minimum atomic E-state index is -0.759. The summed E-state index contributed by atoms with van der Waals surface area (Å²) in [6.07, 6.45) is 13.2. The van der Waals surface area contributed by atoms with E-state index in [2.05, 4.69) is 96.4 Å². The Bertz CT molecular complexity index is 2470. The van der Waals surface area contributed by atoms with Gasteiger partial charge in [-0.1, -0.05) is 19.3 Å². The number of likely N-dealkylation sites (N-methyl/N-ethyl adjacent to an activating group) is 3. The summed E-state index contributed by atoms with van der Waals surface area (Å²) in [5, 5.41) is 21.7. The lowest BCUT2D eigenvalue weighted by molar-refractivity contribution is -0.387. The highest BCUT2D eigenvalue weighted by molar-refractivity contribution is 9.11. The van der Waals surface area contributed by atoms with Crippen LogP contribution in [0.2, 0.25) is 0 Å². The van der Waals surface area contributed by atoms with E-state index in [1.807, 2.05) is 21.7 Å². The van der Waals surface area contributed by atoms with Gasteiger partial charge >= 0.3 is 11.4 Å². The van der Waals surface area contributed by atoms with Crippen LogP contribution in [0.25, 0.3) is 0 Å². The van der Waals surface area contributed by atoms with E-state index in [-0.39, 0.29) is 65.7 Å². The number of nitro groups is 2. The molecule has 5 saturated heterocycles. The van der Waals surface area contributed by atoms with Crippen LogP contribution in [0.1, 0.15) is 57.8 Å². The fourth-order valence-corrected chi connectivity index (χ4v) is 11.8. The predicted octanol–water partition coefficient (Wildman–Crippen LogP) is 7.25. The zero-order valence-electron chi connectivity index (χ0n) is 43.6. The van der Waals surface area contributed by atoms with Gasteiger partial charge in [0.25, 0.3) is 0 Å². The lowest BCUT2D eigenvalue weighted by Gasteiger charge is -2.38. The molecule has 5 aliphatic heterocycles. The number of halogens is 7. The molecule has 0 atom stereocenters. The summed E-state index contributed by atoms with van der Waals surface area (Å²) in [6, 6.07) is 0. The number of nitrogen functional groups attached to an aromatic ring is 1. The van der Waals surface area contributed by atoms with Crippen molar-refractivity contribution in [3.8, 4) is 0 Å². The minimum Gasteiger partial charge on any atom is -0.396 e. The Kier molecular flexibility index (Phi) is 25.0. The van der Waals surface area contributed by atoms with Crippen molar-refractivity contribution in [2.45, 2.75) is 57.8 Å². The molecular formula is C49H69Br4F3N14O7. The fourth-order valence-electron chi connectivity index (χ4n) is 10.2. The summed E-state index contributed by atoms with van der Waals surface area (Å²) in [7, 11) is 6.24. The summed E-state index contributed by atoms with van der Waals surface area (Å²) in [4.78, 5) is 84.9. The number of rotatable bonds is 7. The van der Waals surface area contributed by atoms with Crippen molar-refractivity contribution in [1.29, 1.82) is 0 Å². The van der Waals surface area contributed by atoms with E-state index in [1.165, 1.54) is 31.7 Å². The standard InChI is InChI=1S/C16H21BrFN5O3.C16H24FN5O.C12H22N2O.C5HBr2FN2O2.BrH/c1-20-6-8-22(9-7-20)16(24)11-2-4-21(5-3-11)13-12(18)10-19-15(17)14(13)23(25)26;1-20-6-8-22(9-7-20)16(23)12-2-4-21(5-3-12)15-13(17)10-19-11-14(15)18;1-13-7-9-14(10-8-13)12(15)11-5-3-2-4-6-11;6-3-2(8)1-9-5(7)4(3)10(11)12;/h10-11H,2-9H2,1H3;10-12H,2-9,18H2,1H3;11H,2-10H2,1H3;1H;1H. The second-order valence-electron chi connectivity index (χ2n) is 20.0. The average molecular weight is 1340 g/mol. The number of carbonyl (C=O) groups is 3. The third kappa shape index (κ3) is 17.3. The van der Waals surface area contributed by atoms with Crippen LogP contribution in [0.4, 0.5) is 41.6 Å². The van der Waals surface area contributed by atoms with Crippen LogP contribution in [0.3, 0.4) is 0 Å². The molecule has 21 nitrogen and oxygen atoms in total. The second-order valence-corrected chi connectivity index (χ2v) is 22.3. The number of hydrogen-bond acceptors (Lipinski definition) is 16. The first-order valence-corrected chi connectivity index (χ1v) is 28.1. The van der Waals surface area contributed by atoms with Crippen molar-refractivity contribution in [1.82, 2.24) is 44.4 Å². The van der Waals surface area contributed by atoms with Crippen molar-refractivity contribution >= 4 is 111 Å². The molecule has 3 amide bonds. The van der Waals surface area contributed by atoms with E-state index >= 15 is 0 Å². The molecule has 77 heavy (non-hydrogen) atoms. The van der Waals surface area contributed by atoms with Crippen LogP contribution in [0, 0.1) is 55.4 Å². The first-order valence-electron chi connectivity index (χ1n) is 25.7. The normalized spacial score (nSPS) is 19.4. The highest BCUT2D eigenvalue weighted by atomic mass is 79.9. The van der Waals surface area contributed by atoms with Crippen molar-refractivity contribution in [3.05, 3.63) is 76.1 Å². The van der Waals surface area contributed by atoms with Gasteiger partial charge in [-0.15, -0.1) is 17.0 Å². The first-order chi connectivity index (χ1) is 36.2. The SMILES string of the molecule is Br.CN1CCN(C(=O)C2CCCCC2)CC1.CN1CCN(C(=O)C2CCN(c3c(F)cnc(Br)c3[N+](=O)[O-])CC2)CC1.CN1CCN(C(=O)C2CCN(c3c(N)cncc3F)CC2)CC1.O=[N+]([O-])c1c(Br)ncc(F)c1Br. The molecule has 1 aliphatic carbocycles. The van der Waals surface area contributed by atoms with E-state index < -0.39 is 33.0 Å². The molecule has 1 saturated carbocycles. The van der Waals surface area contributed by atoms with Gasteiger partial charge in [0.2, 0.25) is 17.7 Å². The average Bonchev–Trinajstić information content (AvgIpc) is 3.42. The number of anilines is 3. The number of nitrogens with zero attached hydrogens (tertiary/aromatic N) is 13. The Balaban J connectivity index is 0.000000196. The molecule has 28 heteroatoms. The van der Waals surface area contributed by atoms with Gasteiger partial charge in [0.15, 0.2) is 32.3 Å². The Morgan fingerprint density at radius 1 is 0.519 bits per heavy atom. The fraction of sp³-hybridized carbons (Fsp3) is 0.633. The number of aromatic nitrogens is 3. The number of carbonyl (C=O) groups excluding carboxylic acids is 3. The summed E-state index contributed by atoms with van der Waals surface area (Å²) in [5.41, 5.74) is 5.80. The quantitative estimate of drug-likeness (QED) is 0.140. The van der Waals surface area contributed by atoms with Gasteiger partial charge in [0.1, 0.15) is 4.47 Å². The van der Waals surface area contributed by atoms with E-state index in [0.717, 1.165) is 117 Å². The van der Waals surface area contributed by atoms with Gasteiger partial charge in [-0.2, -0.15) is 0 Å². The lowest BCUT2D eigenvalue weighted by Crippen LogP contribution is -2.50. The molecular weight excluding hydrogens is 1270 g/mol. The smallest absolute Gasteiger partial charge is 0.328 e. The maximum absolute atomic E-state index is 14.2. The molecule has 6 fully saturated rings. The second kappa shape index (κ2) is 30.3. The Labute approximate surface area is 482 Å². The summed E-state index contributed by atoms with van der Waals surface area (Å²) < 4.78 is 40.7. The molecule has 0 aromatic carbocycles. The van der Waals surface area contributed by atoms with Crippen LogP contribution in [0.15, 0.2) is 38.5 Å². The predicted molar refractivity (Wildman–Crippen MR) is 302 cm³/mol. The third-order valence-corrected chi connectivity index (χ3v) is 16.7.